The van der Waals surface area contributed by atoms with Crippen LogP contribution in [0.25, 0.3) is 0 Å². The molecule has 1 fully saturated rings. The molecule has 2 aromatic rings. The summed E-state index contributed by atoms with van der Waals surface area (Å²) in [4.78, 5) is 2.93. The Morgan fingerprint density at radius 3 is 2.32 bits per heavy atom. The van der Waals surface area contributed by atoms with Gasteiger partial charge in [-0.2, -0.15) is 0 Å². The molecule has 170 valence electrons. The molecule has 0 N–H and O–H groups in total. The monoisotopic (exact) mass is 463 g/mol. The average Bonchev–Trinajstić information content (AvgIpc) is 3.16. The van der Waals surface area contributed by atoms with Gasteiger partial charge in [0.15, 0.2) is 9.84 Å². The van der Waals surface area contributed by atoms with Crippen LogP contribution in [0.1, 0.15) is 44.7 Å². The third-order valence-electron chi connectivity index (χ3n) is 6.69. The fraction of sp³-hybridized carbons (Fsp3) is 0.520. The van der Waals surface area contributed by atoms with E-state index >= 15 is 0 Å². The molecule has 1 heterocycles. The second kappa shape index (κ2) is 9.62. The number of halogens is 1. The molecule has 0 saturated carbocycles. The number of benzene rings is 2. The molecule has 3 rings (SSSR count). The second-order valence-electron chi connectivity index (χ2n) is 9.29. The van der Waals surface area contributed by atoms with Gasteiger partial charge in [-0.05, 0) is 82.0 Å². The molecule has 0 aliphatic carbocycles. The summed E-state index contributed by atoms with van der Waals surface area (Å²) in [6.07, 6.45) is 4.25. The zero-order valence-corrected chi connectivity index (χ0v) is 20.6. The number of hydrogen-bond acceptors (Lipinski definition) is 4. The summed E-state index contributed by atoms with van der Waals surface area (Å²) < 4.78 is 29.4. The lowest BCUT2D eigenvalue weighted by molar-refractivity contribution is 0.0385. The van der Waals surface area contributed by atoms with Gasteiger partial charge >= 0.3 is 0 Å². The van der Waals surface area contributed by atoms with Gasteiger partial charge in [-0.15, -0.1) is 0 Å². The first kappa shape index (κ1) is 24.2. The quantitative estimate of drug-likeness (QED) is 0.503. The molecular weight excluding hydrogens is 430 g/mol. The van der Waals surface area contributed by atoms with E-state index < -0.39 is 9.84 Å². The fourth-order valence-electron chi connectivity index (χ4n) is 4.48. The fourth-order valence-corrected chi connectivity index (χ4v) is 5.23. The normalized spacial score (nSPS) is 20.3. The van der Waals surface area contributed by atoms with E-state index in [1.165, 1.54) is 17.4 Å². The molecule has 0 amide bonds. The minimum Gasteiger partial charge on any atom is -0.381 e. The minimum atomic E-state index is -3.16. The van der Waals surface area contributed by atoms with Gasteiger partial charge in [-0.25, -0.2) is 8.42 Å². The van der Waals surface area contributed by atoms with E-state index in [1.54, 1.807) is 12.1 Å². The van der Waals surface area contributed by atoms with Crippen molar-refractivity contribution in [1.82, 2.24) is 4.90 Å². The number of rotatable bonds is 9. The SMILES string of the molecule is CCOC[C@@]1(CCc2ccc(S(C)(=O)=O)cc2)CCN(C(C)(C)c2ccc(Cl)cc2)C1. The first-order valence-corrected chi connectivity index (χ1v) is 13.2. The molecule has 0 bridgehead atoms. The Bertz CT molecular complexity index is 971. The summed E-state index contributed by atoms with van der Waals surface area (Å²) in [5.74, 6) is 0. The van der Waals surface area contributed by atoms with Gasteiger partial charge in [-0.1, -0.05) is 35.9 Å². The summed E-state index contributed by atoms with van der Waals surface area (Å²) in [5.41, 5.74) is 2.43. The highest BCUT2D eigenvalue weighted by molar-refractivity contribution is 7.90. The van der Waals surface area contributed by atoms with E-state index in [1.807, 2.05) is 31.2 Å². The Hall–Kier alpha value is -1.40. The van der Waals surface area contributed by atoms with E-state index in [0.717, 1.165) is 44.0 Å². The van der Waals surface area contributed by atoms with Gasteiger partial charge in [0.05, 0.1) is 11.5 Å². The number of sulfone groups is 1. The van der Waals surface area contributed by atoms with Crippen LogP contribution < -0.4 is 0 Å². The van der Waals surface area contributed by atoms with Crippen molar-refractivity contribution in [3.63, 3.8) is 0 Å². The van der Waals surface area contributed by atoms with Crippen molar-refractivity contribution in [1.29, 1.82) is 0 Å². The summed E-state index contributed by atoms with van der Waals surface area (Å²) in [6.45, 7) is 10.1. The molecule has 0 radical (unpaired) electrons. The van der Waals surface area contributed by atoms with Crippen LogP contribution in [0.4, 0.5) is 0 Å². The lowest BCUT2D eigenvalue weighted by Crippen LogP contribution is -2.42. The predicted octanol–water partition coefficient (Wildman–Crippen LogP) is 5.34. The van der Waals surface area contributed by atoms with Crippen molar-refractivity contribution < 1.29 is 13.2 Å². The Morgan fingerprint density at radius 1 is 1.10 bits per heavy atom. The van der Waals surface area contributed by atoms with Crippen molar-refractivity contribution in [3.8, 4) is 0 Å². The highest BCUT2D eigenvalue weighted by Crippen LogP contribution is 2.42. The predicted molar refractivity (Wildman–Crippen MR) is 127 cm³/mol. The van der Waals surface area contributed by atoms with Gasteiger partial charge in [0.1, 0.15) is 0 Å². The standard InChI is InChI=1S/C25H34ClNO3S/c1-5-30-19-25(15-14-20-6-12-23(13-7-20)31(4,28)29)16-17-27(18-25)24(2,3)21-8-10-22(26)11-9-21/h6-13H,5,14-19H2,1-4H3/t25-/m0/s1. The summed E-state index contributed by atoms with van der Waals surface area (Å²) >= 11 is 6.09. The largest absolute Gasteiger partial charge is 0.381 e. The van der Waals surface area contributed by atoms with Crippen molar-refractivity contribution >= 4 is 21.4 Å². The smallest absolute Gasteiger partial charge is 0.175 e. The van der Waals surface area contributed by atoms with Crippen LogP contribution in [-0.4, -0.2) is 45.9 Å². The maximum atomic E-state index is 11.7. The van der Waals surface area contributed by atoms with E-state index in [0.29, 0.717) is 11.5 Å². The van der Waals surface area contributed by atoms with Crippen LogP contribution in [0.2, 0.25) is 5.02 Å². The van der Waals surface area contributed by atoms with Gasteiger partial charge in [0.25, 0.3) is 0 Å². The molecule has 1 aliphatic rings. The molecule has 1 aliphatic heterocycles. The van der Waals surface area contributed by atoms with Crippen LogP contribution in [0.3, 0.4) is 0 Å². The van der Waals surface area contributed by atoms with E-state index in [-0.39, 0.29) is 11.0 Å². The van der Waals surface area contributed by atoms with Gasteiger partial charge in [-0.3, -0.25) is 4.90 Å². The van der Waals surface area contributed by atoms with Crippen LogP contribution in [0, 0.1) is 5.41 Å². The third-order valence-corrected chi connectivity index (χ3v) is 8.07. The van der Waals surface area contributed by atoms with Crippen molar-refractivity contribution in [2.75, 3.05) is 32.6 Å². The summed E-state index contributed by atoms with van der Waals surface area (Å²) in [7, 11) is -3.16. The van der Waals surface area contributed by atoms with Crippen LogP contribution in [-0.2, 0) is 26.5 Å². The molecule has 1 saturated heterocycles. The molecule has 0 spiro atoms. The first-order chi connectivity index (χ1) is 14.6. The molecule has 6 heteroatoms. The highest BCUT2D eigenvalue weighted by Gasteiger charge is 2.43. The Balaban J connectivity index is 1.73. The molecule has 1 atom stereocenters. The second-order valence-corrected chi connectivity index (χ2v) is 11.7. The molecule has 4 nitrogen and oxygen atoms in total. The molecule has 31 heavy (non-hydrogen) atoms. The average molecular weight is 464 g/mol. The van der Waals surface area contributed by atoms with Crippen LogP contribution in [0.15, 0.2) is 53.4 Å². The zero-order chi connectivity index (χ0) is 22.7. The maximum absolute atomic E-state index is 11.7. The van der Waals surface area contributed by atoms with Gasteiger partial charge in [0, 0.05) is 35.4 Å². The zero-order valence-electron chi connectivity index (χ0n) is 19.0. The topological polar surface area (TPSA) is 46.6 Å². The molecule has 0 unspecified atom stereocenters. The number of nitrogens with zero attached hydrogens (tertiary/aromatic N) is 1. The highest BCUT2D eigenvalue weighted by atomic mass is 35.5. The Morgan fingerprint density at radius 2 is 1.74 bits per heavy atom. The summed E-state index contributed by atoms with van der Waals surface area (Å²) in [5, 5.41) is 0.758. The lowest BCUT2D eigenvalue weighted by atomic mass is 9.81. The van der Waals surface area contributed by atoms with E-state index in [9.17, 15) is 8.42 Å². The number of likely N-dealkylation sites (tertiary alicyclic amines) is 1. The summed E-state index contributed by atoms with van der Waals surface area (Å²) in [6, 6.07) is 15.5. The van der Waals surface area contributed by atoms with Crippen LogP contribution >= 0.6 is 11.6 Å². The van der Waals surface area contributed by atoms with E-state index in [2.05, 4.69) is 30.9 Å². The molecule has 0 aromatic heterocycles. The lowest BCUT2D eigenvalue weighted by Gasteiger charge is -2.38. The molecular formula is C25H34ClNO3S. The van der Waals surface area contributed by atoms with E-state index in [4.69, 9.17) is 16.3 Å². The van der Waals surface area contributed by atoms with Crippen molar-refractivity contribution in [2.24, 2.45) is 5.41 Å². The third kappa shape index (κ3) is 5.89. The van der Waals surface area contributed by atoms with Gasteiger partial charge < -0.3 is 4.74 Å². The Labute approximate surface area is 192 Å². The van der Waals surface area contributed by atoms with Crippen molar-refractivity contribution in [3.05, 3.63) is 64.7 Å². The Kier molecular flexibility index (Phi) is 7.52. The number of aryl methyl sites for hydroxylation is 1. The number of ether oxygens (including phenoxy) is 1. The number of hydrogen-bond donors (Lipinski definition) is 0. The maximum Gasteiger partial charge on any atom is 0.175 e. The van der Waals surface area contributed by atoms with Crippen LogP contribution in [0.5, 0.6) is 0 Å². The molecule has 2 aromatic carbocycles. The van der Waals surface area contributed by atoms with Crippen molar-refractivity contribution in [2.45, 2.75) is 50.5 Å². The first-order valence-electron chi connectivity index (χ1n) is 10.9. The minimum absolute atomic E-state index is 0.0876. The van der Waals surface area contributed by atoms with Gasteiger partial charge in [0.2, 0.25) is 0 Å².